The maximum absolute atomic E-state index is 13.7. The van der Waals surface area contributed by atoms with E-state index in [0.29, 0.717) is 11.6 Å². The van der Waals surface area contributed by atoms with Crippen LogP contribution in [-0.4, -0.2) is 26.9 Å². The minimum absolute atomic E-state index is 0.112. The Morgan fingerprint density at radius 3 is 2.42 bits per heavy atom. The van der Waals surface area contributed by atoms with Crippen LogP contribution in [-0.2, 0) is 19.6 Å². The van der Waals surface area contributed by atoms with Crippen molar-refractivity contribution in [2.75, 3.05) is 11.9 Å². The molecule has 0 spiro atoms. The lowest BCUT2D eigenvalue weighted by Crippen LogP contribution is -2.22. The number of benzene rings is 2. The molecule has 1 amide bonds. The Morgan fingerprint density at radius 1 is 1.12 bits per heavy atom. The minimum atomic E-state index is -4.15. The number of carbonyl (C=O) groups excluding carboxylic acids is 2. The number of nitrogens with two attached hydrogens (primary N) is 1. The van der Waals surface area contributed by atoms with Crippen molar-refractivity contribution in [3.63, 3.8) is 0 Å². The number of nitrogens with one attached hydrogen (secondary N) is 1. The lowest BCUT2D eigenvalue weighted by molar-refractivity contribution is -0.119. The molecule has 0 fully saturated rings. The van der Waals surface area contributed by atoms with Gasteiger partial charge in [-0.15, -0.1) is 0 Å². The summed E-state index contributed by atoms with van der Waals surface area (Å²) in [5.74, 6) is -3.85. The number of primary sulfonamides is 1. The van der Waals surface area contributed by atoms with Gasteiger partial charge in [0.1, 0.15) is 11.6 Å². The number of hydrogen-bond donors (Lipinski definition) is 2. The van der Waals surface area contributed by atoms with Gasteiger partial charge in [0.25, 0.3) is 5.91 Å². The average molecular weight is 384 g/mol. The number of carbonyl (C=O) groups is 2. The largest absolute Gasteiger partial charge is 0.452 e. The molecule has 3 N–H and O–H groups in total. The molecule has 0 aliphatic carbocycles. The summed E-state index contributed by atoms with van der Waals surface area (Å²) in [6.45, 7) is 0.839. The van der Waals surface area contributed by atoms with Gasteiger partial charge in [0.2, 0.25) is 10.0 Å². The lowest BCUT2D eigenvalue weighted by atomic mass is 10.2. The Labute approximate surface area is 147 Å². The molecule has 0 aromatic heterocycles. The molecule has 0 aliphatic heterocycles. The third-order valence-corrected chi connectivity index (χ3v) is 4.13. The second-order valence-electron chi connectivity index (χ2n) is 5.29. The van der Waals surface area contributed by atoms with Crippen LogP contribution < -0.4 is 10.5 Å². The first-order valence-electron chi connectivity index (χ1n) is 7.13. The monoisotopic (exact) mass is 384 g/mol. The number of esters is 1. The highest BCUT2D eigenvalue weighted by molar-refractivity contribution is 7.89. The zero-order chi connectivity index (χ0) is 19.5. The quantitative estimate of drug-likeness (QED) is 0.762. The molecule has 2 aromatic rings. The Bertz CT molecular complexity index is 977. The molecule has 0 radical (unpaired) electrons. The van der Waals surface area contributed by atoms with E-state index in [9.17, 15) is 26.8 Å². The number of sulfonamides is 1. The van der Waals surface area contributed by atoms with Crippen LogP contribution in [0.3, 0.4) is 0 Å². The Balaban J connectivity index is 2.05. The van der Waals surface area contributed by atoms with Crippen LogP contribution in [0.1, 0.15) is 15.9 Å². The number of halogens is 2. The van der Waals surface area contributed by atoms with Crippen molar-refractivity contribution in [1.29, 1.82) is 0 Å². The molecule has 138 valence electrons. The maximum atomic E-state index is 13.7. The van der Waals surface area contributed by atoms with Crippen molar-refractivity contribution < 1.29 is 31.5 Å². The third-order valence-electron chi connectivity index (χ3n) is 3.22. The van der Waals surface area contributed by atoms with E-state index in [2.05, 4.69) is 10.1 Å². The van der Waals surface area contributed by atoms with Gasteiger partial charge in [-0.05, 0) is 42.8 Å². The van der Waals surface area contributed by atoms with E-state index in [1.807, 2.05) is 0 Å². The van der Waals surface area contributed by atoms with Crippen LogP contribution in [0.4, 0.5) is 14.5 Å². The van der Waals surface area contributed by atoms with E-state index >= 15 is 0 Å². The summed E-state index contributed by atoms with van der Waals surface area (Å²) in [7, 11) is -4.15. The average Bonchev–Trinajstić information content (AvgIpc) is 2.54. The standard InChI is InChI=1S/C16H14F2N2O5S/c1-9-2-5-14(13(18)6-9)20-15(21)8-25-16(22)11-7-10(26(19,23)24)3-4-12(11)17/h2-7H,8H2,1H3,(H,20,21)(H2,19,23,24). The second kappa shape index (κ2) is 7.58. The van der Waals surface area contributed by atoms with Crippen molar-refractivity contribution in [3.05, 3.63) is 59.2 Å². The minimum Gasteiger partial charge on any atom is -0.452 e. The fourth-order valence-electron chi connectivity index (χ4n) is 1.95. The van der Waals surface area contributed by atoms with Crippen molar-refractivity contribution in [2.45, 2.75) is 11.8 Å². The van der Waals surface area contributed by atoms with E-state index in [1.165, 1.54) is 12.1 Å². The molecule has 0 heterocycles. The molecule has 10 heteroatoms. The molecule has 2 rings (SSSR count). The number of ether oxygens (including phenoxy) is 1. The molecule has 0 aliphatic rings. The van der Waals surface area contributed by atoms with Crippen LogP contribution in [0.15, 0.2) is 41.3 Å². The summed E-state index contributed by atoms with van der Waals surface area (Å²) in [6.07, 6.45) is 0. The molecule has 0 unspecified atom stereocenters. The van der Waals surface area contributed by atoms with Gasteiger partial charge in [-0.25, -0.2) is 27.1 Å². The zero-order valence-corrected chi connectivity index (χ0v) is 14.3. The summed E-state index contributed by atoms with van der Waals surface area (Å²) in [4.78, 5) is 23.1. The summed E-state index contributed by atoms with van der Waals surface area (Å²) in [5, 5.41) is 7.10. The van der Waals surface area contributed by atoms with Gasteiger partial charge in [0.05, 0.1) is 16.1 Å². The van der Waals surface area contributed by atoms with Gasteiger partial charge < -0.3 is 10.1 Å². The highest BCUT2D eigenvalue weighted by Crippen LogP contribution is 2.16. The smallest absolute Gasteiger partial charge is 0.341 e. The first kappa shape index (κ1) is 19.5. The van der Waals surface area contributed by atoms with Gasteiger partial charge in [-0.2, -0.15) is 0 Å². The predicted molar refractivity (Wildman–Crippen MR) is 87.8 cm³/mol. The van der Waals surface area contributed by atoms with Gasteiger partial charge in [0.15, 0.2) is 6.61 Å². The molecule has 0 saturated heterocycles. The molecule has 26 heavy (non-hydrogen) atoms. The Morgan fingerprint density at radius 2 is 1.81 bits per heavy atom. The second-order valence-corrected chi connectivity index (χ2v) is 6.86. The van der Waals surface area contributed by atoms with Crippen molar-refractivity contribution in [3.8, 4) is 0 Å². The fourth-order valence-corrected chi connectivity index (χ4v) is 2.49. The normalized spacial score (nSPS) is 11.1. The molecule has 7 nitrogen and oxygen atoms in total. The summed E-state index contributed by atoms with van der Waals surface area (Å²) < 4.78 is 54.4. The highest BCUT2D eigenvalue weighted by atomic mass is 32.2. The van der Waals surface area contributed by atoms with Crippen LogP contribution in [0.5, 0.6) is 0 Å². The van der Waals surface area contributed by atoms with Gasteiger partial charge >= 0.3 is 5.97 Å². The van der Waals surface area contributed by atoms with E-state index < -0.39 is 50.6 Å². The highest BCUT2D eigenvalue weighted by Gasteiger charge is 2.19. The third kappa shape index (κ3) is 4.83. The van der Waals surface area contributed by atoms with E-state index in [1.54, 1.807) is 13.0 Å². The lowest BCUT2D eigenvalue weighted by Gasteiger charge is -2.09. The molecule has 0 atom stereocenters. The van der Waals surface area contributed by atoms with E-state index in [0.717, 1.165) is 12.1 Å². The van der Waals surface area contributed by atoms with Crippen molar-refractivity contribution >= 4 is 27.6 Å². The number of anilines is 1. The zero-order valence-electron chi connectivity index (χ0n) is 13.5. The SMILES string of the molecule is Cc1ccc(NC(=O)COC(=O)c2cc(S(N)(=O)=O)ccc2F)c(F)c1. The topological polar surface area (TPSA) is 116 Å². The van der Waals surface area contributed by atoms with Crippen LogP contribution in [0, 0.1) is 18.6 Å². The van der Waals surface area contributed by atoms with Gasteiger partial charge in [-0.3, -0.25) is 4.79 Å². The van der Waals surface area contributed by atoms with Crippen LogP contribution in [0.2, 0.25) is 0 Å². The summed E-state index contributed by atoms with van der Waals surface area (Å²) >= 11 is 0. The maximum Gasteiger partial charge on any atom is 0.341 e. The summed E-state index contributed by atoms with van der Waals surface area (Å²) in [5.41, 5.74) is -0.165. The Hall–Kier alpha value is -2.85. The number of aryl methyl sites for hydroxylation is 1. The first-order chi connectivity index (χ1) is 12.1. The molecular weight excluding hydrogens is 370 g/mol. The molecule has 2 aromatic carbocycles. The Kier molecular flexibility index (Phi) is 5.68. The molecular formula is C16H14F2N2O5S. The number of hydrogen-bond acceptors (Lipinski definition) is 5. The van der Waals surface area contributed by atoms with E-state index in [-0.39, 0.29) is 5.69 Å². The molecule has 0 saturated carbocycles. The predicted octanol–water partition coefficient (Wildman–Crippen LogP) is 1.72. The van der Waals surface area contributed by atoms with Crippen LogP contribution in [0.25, 0.3) is 0 Å². The number of amides is 1. The van der Waals surface area contributed by atoms with Crippen molar-refractivity contribution in [2.24, 2.45) is 5.14 Å². The van der Waals surface area contributed by atoms with Gasteiger partial charge in [-0.1, -0.05) is 6.07 Å². The molecule has 0 bridgehead atoms. The van der Waals surface area contributed by atoms with Gasteiger partial charge in [0, 0.05) is 0 Å². The summed E-state index contributed by atoms with van der Waals surface area (Å²) in [6, 6.07) is 6.42. The fraction of sp³-hybridized carbons (Fsp3) is 0.125. The van der Waals surface area contributed by atoms with E-state index in [4.69, 9.17) is 5.14 Å². The number of rotatable bonds is 5. The van der Waals surface area contributed by atoms with Crippen LogP contribution >= 0.6 is 0 Å². The first-order valence-corrected chi connectivity index (χ1v) is 8.68. The van der Waals surface area contributed by atoms with Crippen molar-refractivity contribution in [1.82, 2.24) is 0 Å².